The lowest BCUT2D eigenvalue weighted by Crippen LogP contribution is -2.41. The molecule has 22 heavy (non-hydrogen) atoms. The molecule has 1 aliphatic rings. The Morgan fingerprint density at radius 1 is 1.45 bits per heavy atom. The van der Waals surface area contributed by atoms with E-state index in [1.54, 1.807) is 0 Å². The average molecular weight is 296 g/mol. The number of aromatic nitrogens is 1. The van der Waals surface area contributed by atoms with Gasteiger partial charge < -0.3 is 14.6 Å². The second-order valence-electron chi connectivity index (χ2n) is 5.75. The predicted molar refractivity (Wildman–Crippen MR) is 86.6 cm³/mol. The molecule has 2 heterocycles. The summed E-state index contributed by atoms with van der Waals surface area (Å²) in [6.45, 7) is 2.51. The number of ether oxygens (including phenoxy) is 1. The van der Waals surface area contributed by atoms with E-state index in [9.17, 15) is 4.79 Å². The fourth-order valence-corrected chi connectivity index (χ4v) is 3.03. The Labute approximate surface area is 130 Å². The van der Waals surface area contributed by atoms with Crippen molar-refractivity contribution in [2.24, 2.45) is 5.92 Å². The Morgan fingerprint density at radius 2 is 2.32 bits per heavy atom. The van der Waals surface area contributed by atoms with Crippen LogP contribution in [-0.4, -0.2) is 42.1 Å². The van der Waals surface area contributed by atoms with Crippen LogP contribution in [0.4, 0.5) is 0 Å². The summed E-state index contributed by atoms with van der Waals surface area (Å²) in [7, 11) is 0. The minimum absolute atomic E-state index is 0.0675. The average Bonchev–Trinajstić information content (AvgIpc) is 2.99. The van der Waals surface area contributed by atoms with Gasteiger partial charge in [0.1, 0.15) is 12.3 Å². The maximum Gasteiger partial charge on any atom is 0.270 e. The van der Waals surface area contributed by atoms with E-state index in [0.717, 1.165) is 36.8 Å². The smallest absolute Gasteiger partial charge is 0.270 e. The number of H-pyrrole nitrogens is 1. The molecule has 0 aliphatic carbocycles. The number of terminal acetylenes is 1. The molecule has 0 radical (unpaired) electrons. The van der Waals surface area contributed by atoms with Gasteiger partial charge in [0.05, 0.1) is 6.61 Å². The fourth-order valence-electron chi connectivity index (χ4n) is 3.03. The molecule has 1 amide bonds. The van der Waals surface area contributed by atoms with Crippen molar-refractivity contribution in [1.29, 1.82) is 0 Å². The number of piperidine rings is 1. The van der Waals surface area contributed by atoms with E-state index in [4.69, 9.17) is 11.2 Å². The third kappa shape index (κ3) is 3.15. The first-order chi connectivity index (χ1) is 10.8. The Morgan fingerprint density at radius 3 is 3.14 bits per heavy atom. The number of likely N-dealkylation sites (tertiary alicyclic amines) is 1. The number of fused-ring (bicyclic) bond motifs is 1. The molecule has 1 fully saturated rings. The van der Waals surface area contributed by atoms with Crippen molar-refractivity contribution >= 4 is 16.8 Å². The maximum atomic E-state index is 12.7. The van der Waals surface area contributed by atoms with Gasteiger partial charge in [-0.3, -0.25) is 4.79 Å². The molecule has 1 saturated heterocycles. The van der Waals surface area contributed by atoms with Crippen LogP contribution in [0.2, 0.25) is 0 Å². The SMILES string of the molecule is C#CCOC[C@H]1CCCN(C(=O)c2cc3ccccc3[nH]2)C1. The molecule has 1 aromatic heterocycles. The monoisotopic (exact) mass is 296 g/mol. The molecule has 3 rings (SSSR count). The molecule has 114 valence electrons. The van der Waals surface area contributed by atoms with Crippen molar-refractivity contribution in [2.75, 3.05) is 26.3 Å². The number of aromatic amines is 1. The first-order valence-electron chi connectivity index (χ1n) is 7.66. The highest BCUT2D eigenvalue weighted by Crippen LogP contribution is 2.21. The van der Waals surface area contributed by atoms with E-state index in [2.05, 4.69) is 10.9 Å². The van der Waals surface area contributed by atoms with Gasteiger partial charge in [-0.25, -0.2) is 0 Å². The number of carbonyl (C=O) groups excluding carboxylic acids is 1. The lowest BCUT2D eigenvalue weighted by atomic mass is 9.98. The molecule has 2 aromatic rings. The number of para-hydroxylation sites is 1. The quantitative estimate of drug-likeness (QED) is 0.696. The Bertz CT molecular complexity index is 665. The molecular formula is C18H20N2O2. The number of nitrogens with one attached hydrogen (secondary N) is 1. The van der Waals surface area contributed by atoms with Crippen molar-refractivity contribution in [3.05, 3.63) is 36.0 Å². The largest absolute Gasteiger partial charge is 0.368 e. The van der Waals surface area contributed by atoms with Crippen LogP contribution in [0.15, 0.2) is 30.3 Å². The molecule has 0 unspecified atom stereocenters. The van der Waals surface area contributed by atoms with Gasteiger partial charge in [0.15, 0.2) is 0 Å². The number of amides is 1. The summed E-state index contributed by atoms with van der Waals surface area (Å²) in [6, 6.07) is 9.86. The van der Waals surface area contributed by atoms with Gasteiger partial charge in [0, 0.05) is 29.9 Å². The van der Waals surface area contributed by atoms with Crippen molar-refractivity contribution in [1.82, 2.24) is 9.88 Å². The topological polar surface area (TPSA) is 45.3 Å². The number of hydrogen-bond donors (Lipinski definition) is 1. The molecular weight excluding hydrogens is 276 g/mol. The summed E-state index contributed by atoms with van der Waals surface area (Å²) < 4.78 is 5.42. The molecule has 4 nitrogen and oxygen atoms in total. The number of benzene rings is 1. The van der Waals surface area contributed by atoms with Crippen LogP contribution < -0.4 is 0 Å². The third-order valence-corrected chi connectivity index (χ3v) is 4.11. The van der Waals surface area contributed by atoms with Crippen LogP contribution >= 0.6 is 0 Å². The van der Waals surface area contributed by atoms with Crippen LogP contribution in [0, 0.1) is 18.3 Å². The predicted octanol–water partition coefficient (Wildman–Crippen LogP) is 2.67. The van der Waals surface area contributed by atoms with E-state index in [-0.39, 0.29) is 5.91 Å². The van der Waals surface area contributed by atoms with E-state index in [1.165, 1.54) is 0 Å². The lowest BCUT2D eigenvalue weighted by molar-refractivity contribution is 0.0530. The Balaban J connectivity index is 1.67. The zero-order chi connectivity index (χ0) is 15.4. The van der Waals surface area contributed by atoms with E-state index in [1.807, 2.05) is 35.2 Å². The second-order valence-corrected chi connectivity index (χ2v) is 5.75. The maximum absolute atomic E-state index is 12.7. The van der Waals surface area contributed by atoms with Gasteiger partial charge in [-0.05, 0) is 25.0 Å². The molecule has 1 N–H and O–H groups in total. The second kappa shape index (κ2) is 6.67. The standard InChI is InChI=1S/C18H20N2O2/c1-2-10-22-13-14-6-5-9-20(12-14)18(21)17-11-15-7-3-4-8-16(15)19-17/h1,3-4,7-8,11,14,19H,5-6,9-10,12-13H2/t14-/m0/s1. The highest BCUT2D eigenvalue weighted by atomic mass is 16.5. The van der Waals surface area contributed by atoms with Crippen LogP contribution in [0.25, 0.3) is 10.9 Å². The van der Waals surface area contributed by atoms with Gasteiger partial charge in [0.25, 0.3) is 5.91 Å². The van der Waals surface area contributed by atoms with E-state index in [0.29, 0.717) is 24.8 Å². The number of nitrogens with zero attached hydrogens (tertiary/aromatic N) is 1. The first-order valence-corrected chi connectivity index (χ1v) is 7.66. The summed E-state index contributed by atoms with van der Waals surface area (Å²) in [5.41, 5.74) is 1.66. The summed E-state index contributed by atoms with van der Waals surface area (Å²) in [5.74, 6) is 2.91. The van der Waals surface area contributed by atoms with Crippen LogP contribution in [0.3, 0.4) is 0 Å². The fraction of sp³-hybridized carbons (Fsp3) is 0.389. The zero-order valence-electron chi connectivity index (χ0n) is 12.5. The van der Waals surface area contributed by atoms with Crippen LogP contribution in [-0.2, 0) is 4.74 Å². The highest BCUT2D eigenvalue weighted by Gasteiger charge is 2.25. The first kappa shape index (κ1) is 14.7. The van der Waals surface area contributed by atoms with Crippen molar-refractivity contribution in [3.8, 4) is 12.3 Å². The molecule has 1 atom stereocenters. The molecule has 1 aromatic carbocycles. The summed E-state index contributed by atoms with van der Waals surface area (Å²) in [6.07, 6.45) is 7.28. The molecule has 0 spiro atoms. The minimum atomic E-state index is 0.0675. The third-order valence-electron chi connectivity index (χ3n) is 4.11. The van der Waals surface area contributed by atoms with Crippen LogP contribution in [0.1, 0.15) is 23.3 Å². The van der Waals surface area contributed by atoms with E-state index < -0.39 is 0 Å². The van der Waals surface area contributed by atoms with Gasteiger partial charge in [-0.1, -0.05) is 24.1 Å². The zero-order valence-corrected chi connectivity index (χ0v) is 12.5. The highest BCUT2D eigenvalue weighted by molar-refractivity contribution is 5.98. The number of hydrogen-bond acceptors (Lipinski definition) is 2. The number of carbonyl (C=O) groups is 1. The van der Waals surface area contributed by atoms with Gasteiger partial charge in [0.2, 0.25) is 0 Å². The van der Waals surface area contributed by atoms with Crippen molar-refractivity contribution in [3.63, 3.8) is 0 Å². The normalized spacial score (nSPS) is 18.3. The lowest BCUT2D eigenvalue weighted by Gasteiger charge is -2.32. The van der Waals surface area contributed by atoms with E-state index >= 15 is 0 Å². The van der Waals surface area contributed by atoms with Crippen molar-refractivity contribution < 1.29 is 9.53 Å². The Hall–Kier alpha value is -2.25. The van der Waals surface area contributed by atoms with Gasteiger partial charge in [-0.2, -0.15) is 0 Å². The summed E-state index contributed by atoms with van der Waals surface area (Å²) in [4.78, 5) is 17.8. The molecule has 0 saturated carbocycles. The number of rotatable bonds is 4. The van der Waals surface area contributed by atoms with Gasteiger partial charge in [-0.15, -0.1) is 6.42 Å². The molecule has 4 heteroatoms. The molecule has 0 bridgehead atoms. The summed E-state index contributed by atoms with van der Waals surface area (Å²) in [5, 5.41) is 1.07. The van der Waals surface area contributed by atoms with Crippen molar-refractivity contribution in [2.45, 2.75) is 12.8 Å². The molecule has 1 aliphatic heterocycles. The summed E-state index contributed by atoms with van der Waals surface area (Å²) >= 11 is 0. The Kier molecular flexibility index (Phi) is 4.45. The minimum Gasteiger partial charge on any atom is -0.368 e. The van der Waals surface area contributed by atoms with Gasteiger partial charge >= 0.3 is 0 Å². The van der Waals surface area contributed by atoms with Crippen LogP contribution in [0.5, 0.6) is 0 Å².